The number of carbonyl (C=O) groups is 1. The Bertz CT molecular complexity index is 358. The highest BCUT2D eigenvalue weighted by atomic mass is 35.5. The molecular weight excluding hydrogens is 182 g/mol. The van der Waals surface area contributed by atoms with Crippen molar-refractivity contribution in [3.05, 3.63) is 33.2 Å². The number of carboxylic acid groups (broad SMARTS) is 1. The molecule has 64 valence electrons. The zero-order valence-electron chi connectivity index (χ0n) is 6.00. The minimum Gasteiger partial charge on any atom is -0.481 e. The summed E-state index contributed by atoms with van der Waals surface area (Å²) in [7, 11) is 0. The van der Waals surface area contributed by atoms with E-state index in [9.17, 15) is 9.59 Å². The molecular formula is C7H6ClNO3. The number of hydrogen-bond donors (Lipinski definition) is 2. The van der Waals surface area contributed by atoms with Crippen molar-refractivity contribution in [2.24, 2.45) is 0 Å². The molecule has 5 heteroatoms. The maximum absolute atomic E-state index is 10.7. The Morgan fingerprint density at radius 1 is 1.67 bits per heavy atom. The summed E-state index contributed by atoms with van der Waals surface area (Å²) in [5.74, 6) is -0.960. The number of H-pyrrole nitrogens is 1. The van der Waals surface area contributed by atoms with Crippen LogP contribution in [0.15, 0.2) is 17.1 Å². The second-order valence-electron chi connectivity index (χ2n) is 2.26. The first-order valence-electron chi connectivity index (χ1n) is 3.18. The van der Waals surface area contributed by atoms with Crippen molar-refractivity contribution in [2.45, 2.75) is 6.42 Å². The lowest BCUT2D eigenvalue weighted by Gasteiger charge is -1.95. The van der Waals surface area contributed by atoms with Crippen LogP contribution in [0.4, 0.5) is 0 Å². The van der Waals surface area contributed by atoms with Gasteiger partial charge in [-0.05, 0) is 11.6 Å². The number of halogens is 1. The number of hydrogen-bond acceptors (Lipinski definition) is 2. The highest BCUT2D eigenvalue weighted by Crippen LogP contribution is 2.04. The van der Waals surface area contributed by atoms with Crippen LogP contribution in [-0.2, 0) is 11.2 Å². The van der Waals surface area contributed by atoms with Crippen LogP contribution in [0, 0.1) is 0 Å². The van der Waals surface area contributed by atoms with Gasteiger partial charge in [-0.15, -0.1) is 0 Å². The first-order valence-corrected chi connectivity index (χ1v) is 3.56. The second kappa shape index (κ2) is 3.40. The minimum absolute atomic E-state index is 0.00810. The van der Waals surface area contributed by atoms with Gasteiger partial charge in [0.1, 0.15) is 5.02 Å². The molecule has 0 aliphatic carbocycles. The summed E-state index contributed by atoms with van der Waals surface area (Å²) in [6.45, 7) is 0. The van der Waals surface area contributed by atoms with E-state index in [4.69, 9.17) is 16.7 Å². The van der Waals surface area contributed by atoms with Crippen LogP contribution < -0.4 is 5.56 Å². The predicted molar refractivity (Wildman–Crippen MR) is 43.4 cm³/mol. The Labute approximate surface area is 72.8 Å². The van der Waals surface area contributed by atoms with Gasteiger partial charge < -0.3 is 10.1 Å². The molecule has 2 N–H and O–H groups in total. The fourth-order valence-corrected chi connectivity index (χ4v) is 0.969. The quantitative estimate of drug-likeness (QED) is 0.715. The molecule has 0 saturated heterocycles. The van der Waals surface area contributed by atoms with E-state index in [0.29, 0.717) is 5.56 Å². The summed E-state index contributed by atoms with van der Waals surface area (Å²) in [6, 6.07) is 1.34. The lowest BCUT2D eigenvalue weighted by molar-refractivity contribution is -0.136. The van der Waals surface area contributed by atoms with Crippen LogP contribution in [0.3, 0.4) is 0 Å². The fourth-order valence-electron chi connectivity index (χ4n) is 0.774. The van der Waals surface area contributed by atoms with Gasteiger partial charge >= 0.3 is 5.97 Å². The van der Waals surface area contributed by atoms with Gasteiger partial charge in [-0.2, -0.15) is 0 Å². The Balaban J connectivity index is 2.97. The number of pyridine rings is 1. The lowest BCUT2D eigenvalue weighted by atomic mass is 10.2. The standard InChI is InChI=1S/C7H6ClNO3/c8-5-1-4(2-6(10)11)3-9-7(5)12/h1,3H,2H2,(H,9,12)(H,10,11). The third kappa shape index (κ3) is 2.10. The lowest BCUT2D eigenvalue weighted by Crippen LogP contribution is -2.08. The van der Waals surface area contributed by atoms with Crippen molar-refractivity contribution >= 4 is 17.6 Å². The normalized spacial score (nSPS) is 9.75. The Morgan fingerprint density at radius 2 is 2.33 bits per heavy atom. The SMILES string of the molecule is O=C(O)Cc1c[nH]c(=O)c(Cl)c1. The number of aromatic nitrogens is 1. The highest BCUT2D eigenvalue weighted by Gasteiger charge is 2.02. The van der Waals surface area contributed by atoms with E-state index < -0.39 is 11.5 Å². The first-order chi connectivity index (χ1) is 5.59. The van der Waals surface area contributed by atoms with Crippen molar-refractivity contribution in [3.8, 4) is 0 Å². The van der Waals surface area contributed by atoms with E-state index in [1.165, 1.54) is 12.3 Å². The summed E-state index contributed by atoms with van der Waals surface area (Å²) < 4.78 is 0. The maximum Gasteiger partial charge on any atom is 0.307 e. The van der Waals surface area contributed by atoms with Crippen LogP contribution >= 0.6 is 11.6 Å². The van der Waals surface area contributed by atoms with Gasteiger partial charge in [-0.25, -0.2) is 0 Å². The summed E-state index contributed by atoms with van der Waals surface area (Å²) in [6.07, 6.45) is 1.19. The highest BCUT2D eigenvalue weighted by molar-refractivity contribution is 6.30. The van der Waals surface area contributed by atoms with Gasteiger partial charge in [0.2, 0.25) is 0 Å². The summed E-state index contributed by atoms with van der Waals surface area (Å²) in [5.41, 5.74) is 0.0675. The maximum atomic E-state index is 10.7. The molecule has 12 heavy (non-hydrogen) atoms. The summed E-state index contributed by atoms with van der Waals surface area (Å²) in [4.78, 5) is 23.3. The second-order valence-corrected chi connectivity index (χ2v) is 2.66. The van der Waals surface area contributed by atoms with Gasteiger partial charge in [-0.1, -0.05) is 11.6 Å². The molecule has 0 unspecified atom stereocenters. The van der Waals surface area contributed by atoms with E-state index in [-0.39, 0.29) is 11.4 Å². The number of rotatable bonds is 2. The van der Waals surface area contributed by atoms with E-state index >= 15 is 0 Å². The molecule has 0 spiro atoms. The number of nitrogens with one attached hydrogen (secondary N) is 1. The third-order valence-corrected chi connectivity index (χ3v) is 1.55. The van der Waals surface area contributed by atoms with Gasteiger partial charge in [0.05, 0.1) is 6.42 Å². The fraction of sp³-hybridized carbons (Fsp3) is 0.143. The van der Waals surface area contributed by atoms with Gasteiger partial charge in [-0.3, -0.25) is 9.59 Å². The van der Waals surface area contributed by atoms with Crippen LogP contribution in [0.5, 0.6) is 0 Å². The number of carboxylic acids is 1. The average molecular weight is 188 g/mol. The molecule has 0 fully saturated rings. The van der Waals surface area contributed by atoms with E-state index in [2.05, 4.69) is 4.98 Å². The topological polar surface area (TPSA) is 70.2 Å². The van der Waals surface area contributed by atoms with Crippen molar-refractivity contribution in [2.75, 3.05) is 0 Å². The van der Waals surface area contributed by atoms with Crippen LogP contribution in [0.25, 0.3) is 0 Å². The molecule has 1 aromatic rings. The van der Waals surface area contributed by atoms with Crippen LogP contribution in [-0.4, -0.2) is 16.1 Å². The van der Waals surface area contributed by atoms with Crippen molar-refractivity contribution in [1.29, 1.82) is 0 Å². The van der Waals surface area contributed by atoms with Gasteiger partial charge in [0, 0.05) is 6.20 Å². The number of aromatic amines is 1. The van der Waals surface area contributed by atoms with Crippen molar-refractivity contribution in [1.82, 2.24) is 4.98 Å². The molecule has 0 aliphatic rings. The molecule has 0 aliphatic heterocycles. The van der Waals surface area contributed by atoms with E-state index in [0.717, 1.165) is 0 Å². The Kier molecular flexibility index (Phi) is 2.50. The average Bonchev–Trinajstić information content (AvgIpc) is 1.96. The summed E-state index contributed by atoms with van der Waals surface area (Å²) in [5, 5.41) is 8.40. The van der Waals surface area contributed by atoms with E-state index in [1.807, 2.05) is 0 Å². The molecule has 1 aromatic heterocycles. The summed E-state index contributed by atoms with van der Waals surface area (Å²) >= 11 is 5.46. The predicted octanol–water partition coefficient (Wildman–Crippen LogP) is 0.655. The van der Waals surface area contributed by atoms with Gasteiger partial charge in [0.15, 0.2) is 0 Å². The molecule has 0 atom stereocenters. The van der Waals surface area contributed by atoms with Crippen LogP contribution in [0.1, 0.15) is 5.56 Å². The number of aliphatic carboxylic acids is 1. The Morgan fingerprint density at radius 3 is 2.83 bits per heavy atom. The zero-order chi connectivity index (χ0) is 9.14. The minimum atomic E-state index is -0.960. The molecule has 1 rings (SSSR count). The molecule has 0 amide bonds. The monoisotopic (exact) mass is 187 g/mol. The van der Waals surface area contributed by atoms with Crippen molar-refractivity contribution in [3.63, 3.8) is 0 Å². The third-order valence-electron chi connectivity index (χ3n) is 1.27. The molecule has 0 bridgehead atoms. The zero-order valence-corrected chi connectivity index (χ0v) is 6.76. The molecule has 0 saturated carbocycles. The molecule has 4 nitrogen and oxygen atoms in total. The molecule has 0 aromatic carbocycles. The van der Waals surface area contributed by atoms with Crippen LogP contribution in [0.2, 0.25) is 5.02 Å². The Hall–Kier alpha value is -1.29. The van der Waals surface area contributed by atoms with Gasteiger partial charge in [0.25, 0.3) is 5.56 Å². The largest absolute Gasteiger partial charge is 0.481 e. The smallest absolute Gasteiger partial charge is 0.307 e. The molecule has 1 heterocycles. The van der Waals surface area contributed by atoms with Crippen molar-refractivity contribution < 1.29 is 9.90 Å². The van der Waals surface area contributed by atoms with E-state index in [1.54, 1.807) is 0 Å². The molecule has 0 radical (unpaired) electrons. The first kappa shape index (κ1) is 8.80.